The third kappa shape index (κ3) is 46.8. The molecule has 0 aromatic heterocycles. The number of hydrogen-bond donors (Lipinski definition) is 3. The molecule has 0 aromatic carbocycles. The predicted molar refractivity (Wildman–Crippen MR) is 254 cm³/mol. The number of hydrogen-bond acceptors (Lipinski definition) is 8. The highest BCUT2D eigenvalue weighted by molar-refractivity contribution is 7.47. The van der Waals surface area contributed by atoms with Crippen molar-refractivity contribution < 1.29 is 42.7 Å². The largest absolute Gasteiger partial charge is 0.480 e. The van der Waals surface area contributed by atoms with Gasteiger partial charge in [-0.3, -0.25) is 18.6 Å². The molecule has 0 bridgehead atoms. The van der Waals surface area contributed by atoms with E-state index in [9.17, 15) is 19.0 Å². The first-order valence-electron chi connectivity index (χ1n) is 26.1. The molecule has 0 radical (unpaired) electrons. The zero-order valence-corrected chi connectivity index (χ0v) is 40.9. The Hall–Kier alpha value is -1.03. The molecular formula is C50H100NO9P. The van der Waals surface area contributed by atoms with Crippen molar-refractivity contribution in [3.63, 3.8) is 0 Å². The molecular weight excluding hydrogens is 790 g/mol. The Kier molecular flexibility index (Phi) is 46.2. The fourth-order valence-electron chi connectivity index (χ4n) is 7.84. The smallest absolute Gasteiger partial charge is 0.472 e. The number of carbonyl (C=O) groups excluding carboxylic acids is 1. The summed E-state index contributed by atoms with van der Waals surface area (Å²) in [7, 11) is -4.61. The van der Waals surface area contributed by atoms with Crippen LogP contribution in [-0.4, -0.2) is 60.5 Å². The fraction of sp³-hybridized carbons (Fsp3) is 0.960. The number of phosphoric acid groups is 1. The lowest BCUT2D eigenvalue weighted by molar-refractivity contribution is -0.154. The van der Waals surface area contributed by atoms with Crippen LogP contribution in [0.5, 0.6) is 0 Å². The molecule has 0 rings (SSSR count). The number of phosphoric ester groups is 1. The highest BCUT2D eigenvalue weighted by atomic mass is 31.2. The maximum atomic E-state index is 12.7. The summed E-state index contributed by atoms with van der Waals surface area (Å²) >= 11 is 0. The van der Waals surface area contributed by atoms with Gasteiger partial charge in [-0.15, -0.1) is 0 Å². The van der Waals surface area contributed by atoms with Crippen LogP contribution in [0, 0.1) is 0 Å². The van der Waals surface area contributed by atoms with Crippen molar-refractivity contribution in [2.45, 2.75) is 283 Å². The molecule has 0 spiro atoms. The van der Waals surface area contributed by atoms with E-state index >= 15 is 0 Å². The molecule has 0 heterocycles. The van der Waals surface area contributed by atoms with E-state index in [1.54, 1.807) is 0 Å². The van der Waals surface area contributed by atoms with Crippen LogP contribution in [0.1, 0.15) is 271 Å². The van der Waals surface area contributed by atoms with Crippen molar-refractivity contribution in [1.82, 2.24) is 0 Å². The number of ether oxygens (including phenoxy) is 2. The second kappa shape index (κ2) is 46.9. The average molecular weight is 890 g/mol. The summed E-state index contributed by atoms with van der Waals surface area (Å²) in [5, 5.41) is 8.92. The minimum absolute atomic E-state index is 0.0263. The van der Waals surface area contributed by atoms with E-state index in [0.717, 1.165) is 38.5 Å². The van der Waals surface area contributed by atoms with Gasteiger partial charge in [0.1, 0.15) is 12.1 Å². The SMILES string of the molecule is CCCCCCCCCCCCCCCCCCCCCCCCCC(=O)O[C@H](COCCCCCCCCCCCCCCCCCC)COP(=O)(O)OC[C@H](N)C(=O)O. The van der Waals surface area contributed by atoms with E-state index in [2.05, 4.69) is 13.8 Å². The van der Waals surface area contributed by atoms with Crippen LogP contribution < -0.4 is 5.73 Å². The molecule has 0 aliphatic carbocycles. The summed E-state index contributed by atoms with van der Waals surface area (Å²) < 4.78 is 33.5. The Balaban J connectivity index is 4.05. The van der Waals surface area contributed by atoms with Crippen LogP contribution in [0.2, 0.25) is 0 Å². The highest BCUT2D eigenvalue weighted by Crippen LogP contribution is 2.43. The first-order valence-corrected chi connectivity index (χ1v) is 27.6. The summed E-state index contributed by atoms with van der Waals surface area (Å²) in [5.74, 6) is -1.76. The lowest BCUT2D eigenvalue weighted by Crippen LogP contribution is -2.34. The lowest BCUT2D eigenvalue weighted by atomic mass is 10.0. The number of carboxylic acids is 1. The number of carboxylic acid groups (broad SMARTS) is 1. The van der Waals surface area contributed by atoms with Gasteiger partial charge in [0.05, 0.1) is 19.8 Å². The maximum Gasteiger partial charge on any atom is 0.472 e. The second-order valence-electron chi connectivity index (χ2n) is 18.0. The molecule has 11 heteroatoms. The lowest BCUT2D eigenvalue weighted by Gasteiger charge is -2.20. The molecule has 0 aromatic rings. The minimum atomic E-state index is -4.61. The van der Waals surface area contributed by atoms with E-state index in [0.29, 0.717) is 6.61 Å². The van der Waals surface area contributed by atoms with Gasteiger partial charge in [0.2, 0.25) is 0 Å². The van der Waals surface area contributed by atoms with Crippen LogP contribution in [0.25, 0.3) is 0 Å². The number of rotatable bonds is 51. The van der Waals surface area contributed by atoms with Gasteiger partial charge >= 0.3 is 19.8 Å². The standard InChI is InChI=1S/C50H100NO9P/c1-3-5-7-9-11-13-15-17-19-21-22-23-24-25-26-27-28-30-32-34-36-38-40-42-49(52)60-47(45-58-61(55,56)59-46-48(51)50(53)54)44-57-43-41-39-37-35-33-31-29-20-18-16-14-12-10-8-6-4-2/h47-48H,3-46,51H2,1-2H3,(H,53,54)(H,55,56)/t47-,48+/m1/s1. The third-order valence-electron chi connectivity index (χ3n) is 11.9. The molecule has 3 atom stereocenters. The van der Waals surface area contributed by atoms with Gasteiger partial charge in [-0.05, 0) is 12.8 Å². The molecule has 1 unspecified atom stereocenters. The van der Waals surface area contributed by atoms with Crippen LogP contribution >= 0.6 is 7.82 Å². The van der Waals surface area contributed by atoms with E-state index in [1.807, 2.05) is 0 Å². The monoisotopic (exact) mass is 890 g/mol. The zero-order chi connectivity index (χ0) is 44.8. The van der Waals surface area contributed by atoms with Crippen LogP contribution in [-0.2, 0) is 32.7 Å². The van der Waals surface area contributed by atoms with E-state index in [1.165, 1.54) is 212 Å². The summed E-state index contributed by atoms with van der Waals surface area (Å²) in [6, 6.07) is -1.47. The van der Waals surface area contributed by atoms with Crippen LogP contribution in [0.4, 0.5) is 0 Å². The Morgan fingerprint density at radius 1 is 0.459 bits per heavy atom. The Bertz CT molecular complexity index is 987. The minimum Gasteiger partial charge on any atom is -0.480 e. The van der Waals surface area contributed by atoms with Gasteiger partial charge in [0.15, 0.2) is 0 Å². The molecule has 0 aliphatic rings. The van der Waals surface area contributed by atoms with E-state index in [4.69, 9.17) is 29.4 Å². The molecule has 0 amide bonds. The molecule has 0 saturated carbocycles. The van der Waals surface area contributed by atoms with Gasteiger partial charge in [-0.2, -0.15) is 0 Å². The summed E-state index contributed by atoms with van der Waals surface area (Å²) in [4.78, 5) is 33.7. The molecule has 0 fully saturated rings. The maximum absolute atomic E-state index is 12.7. The van der Waals surface area contributed by atoms with Gasteiger partial charge in [0, 0.05) is 13.0 Å². The van der Waals surface area contributed by atoms with Gasteiger partial charge in [-0.25, -0.2) is 4.57 Å². The van der Waals surface area contributed by atoms with Gasteiger partial charge < -0.3 is 25.2 Å². The quantitative estimate of drug-likeness (QED) is 0.0305. The van der Waals surface area contributed by atoms with E-state index < -0.39 is 45.1 Å². The number of esters is 1. The number of carbonyl (C=O) groups is 2. The Morgan fingerprint density at radius 2 is 0.754 bits per heavy atom. The number of aliphatic carboxylic acids is 1. The average Bonchev–Trinajstić information content (AvgIpc) is 3.24. The van der Waals surface area contributed by atoms with Crippen LogP contribution in [0.3, 0.4) is 0 Å². The summed E-state index contributed by atoms with van der Waals surface area (Å²) in [5.41, 5.74) is 5.38. The van der Waals surface area contributed by atoms with Crippen molar-refractivity contribution in [3.05, 3.63) is 0 Å². The third-order valence-corrected chi connectivity index (χ3v) is 12.8. The van der Waals surface area contributed by atoms with Crippen molar-refractivity contribution >= 4 is 19.8 Å². The number of unbranched alkanes of at least 4 members (excludes halogenated alkanes) is 37. The molecule has 61 heavy (non-hydrogen) atoms. The van der Waals surface area contributed by atoms with Crippen molar-refractivity contribution in [3.8, 4) is 0 Å². The fourth-order valence-corrected chi connectivity index (χ4v) is 8.62. The van der Waals surface area contributed by atoms with Gasteiger partial charge in [-0.1, -0.05) is 251 Å². The summed E-state index contributed by atoms with van der Waals surface area (Å²) in [6.45, 7) is 3.96. The van der Waals surface area contributed by atoms with E-state index in [-0.39, 0.29) is 13.0 Å². The molecule has 0 saturated heterocycles. The molecule has 0 aliphatic heterocycles. The molecule has 4 N–H and O–H groups in total. The normalized spacial score (nSPS) is 13.6. The number of nitrogens with two attached hydrogens (primary N) is 1. The zero-order valence-electron chi connectivity index (χ0n) is 40.0. The molecule has 364 valence electrons. The Morgan fingerprint density at radius 3 is 1.08 bits per heavy atom. The first-order chi connectivity index (χ1) is 29.7. The topological polar surface area (TPSA) is 155 Å². The highest BCUT2D eigenvalue weighted by Gasteiger charge is 2.27. The van der Waals surface area contributed by atoms with Crippen molar-refractivity contribution in [2.75, 3.05) is 26.4 Å². The van der Waals surface area contributed by atoms with Gasteiger partial charge in [0.25, 0.3) is 0 Å². The van der Waals surface area contributed by atoms with Crippen LogP contribution in [0.15, 0.2) is 0 Å². The first kappa shape index (κ1) is 60.0. The Labute approximate surface area is 376 Å². The summed E-state index contributed by atoms with van der Waals surface area (Å²) in [6.07, 6.45) is 50.2. The van der Waals surface area contributed by atoms with Crippen molar-refractivity contribution in [2.24, 2.45) is 5.73 Å². The van der Waals surface area contributed by atoms with Crippen molar-refractivity contribution in [1.29, 1.82) is 0 Å². The predicted octanol–water partition coefficient (Wildman–Crippen LogP) is 15.1. The second-order valence-corrected chi connectivity index (χ2v) is 19.5. The molecule has 10 nitrogen and oxygen atoms in total.